The molecule has 1 heterocycles. The molecule has 0 bridgehead atoms. The number of rotatable bonds is 8. The predicted molar refractivity (Wildman–Crippen MR) is 104 cm³/mol. The summed E-state index contributed by atoms with van der Waals surface area (Å²) in [5.74, 6) is 0.734. The highest BCUT2D eigenvalue weighted by Gasteiger charge is 2.27. The van der Waals surface area contributed by atoms with Crippen LogP contribution in [-0.4, -0.2) is 50.8 Å². The van der Waals surface area contributed by atoms with Gasteiger partial charge in [0.25, 0.3) is 0 Å². The minimum atomic E-state index is -3.49. The number of sulfonamides is 1. The van der Waals surface area contributed by atoms with E-state index in [-0.39, 0.29) is 19.3 Å². The second kappa shape index (κ2) is 8.84. The van der Waals surface area contributed by atoms with Crippen LogP contribution < -0.4 is 9.46 Å². The number of benzene rings is 2. The Hall–Kier alpha value is -1.93. The lowest BCUT2D eigenvalue weighted by atomic mass is 10.2. The third-order valence-corrected chi connectivity index (χ3v) is 6.13. The summed E-state index contributed by atoms with van der Waals surface area (Å²) in [4.78, 5) is 2.54. The smallest absolute Gasteiger partial charge is 0.240 e. The monoisotopic (exact) mass is 390 g/mol. The molecule has 2 aromatic rings. The van der Waals surface area contributed by atoms with Crippen molar-refractivity contribution in [2.75, 3.05) is 26.3 Å². The minimum absolute atomic E-state index is 0.0147. The third kappa shape index (κ3) is 5.52. The van der Waals surface area contributed by atoms with Gasteiger partial charge in [0.1, 0.15) is 12.4 Å². The van der Waals surface area contributed by atoms with Gasteiger partial charge in [0.15, 0.2) is 0 Å². The van der Waals surface area contributed by atoms with Crippen molar-refractivity contribution in [3.63, 3.8) is 0 Å². The van der Waals surface area contributed by atoms with Crippen molar-refractivity contribution in [1.29, 1.82) is 0 Å². The van der Waals surface area contributed by atoms with Crippen molar-refractivity contribution in [2.24, 2.45) is 0 Å². The van der Waals surface area contributed by atoms with Gasteiger partial charge < -0.3 is 9.84 Å². The molecule has 2 aromatic carbocycles. The van der Waals surface area contributed by atoms with Gasteiger partial charge in [0.2, 0.25) is 10.0 Å². The number of aliphatic hydroxyl groups excluding tert-OH is 1. The second-order valence-electron chi connectivity index (χ2n) is 6.87. The number of hydrogen-bond donors (Lipinski definition) is 2. The Morgan fingerprint density at radius 2 is 2.00 bits per heavy atom. The number of aryl methyl sites for hydroxylation is 1. The summed E-state index contributed by atoms with van der Waals surface area (Å²) >= 11 is 0. The second-order valence-corrected chi connectivity index (χ2v) is 8.59. The van der Waals surface area contributed by atoms with E-state index >= 15 is 0 Å². The fraction of sp³-hybridized carbons (Fsp3) is 0.400. The highest BCUT2D eigenvalue weighted by molar-refractivity contribution is 7.89. The van der Waals surface area contributed by atoms with E-state index in [1.165, 1.54) is 0 Å². The predicted octanol–water partition coefficient (Wildman–Crippen LogP) is 1.92. The molecule has 0 saturated carbocycles. The summed E-state index contributed by atoms with van der Waals surface area (Å²) in [5, 5.41) is 8.86. The lowest BCUT2D eigenvalue weighted by molar-refractivity contribution is 0.201. The quantitative estimate of drug-likeness (QED) is 0.720. The van der Waals surface area contributed by atoms with Crippen molar-refractivity contribution in [2.45, 2.75) is 30.8 Å². The maximum atomic E-state index is 12.5. The molecule has 1 aliphatic heterocycles. The van der Waals surface area contributed by atoms with Crippen LogP contribution in [0.15, 0.2) is 53.4 Å². The van der Waals surface area contributed by atoms with Crippen LogP contribution in [0.5, 0.6) is 5.75 Å². The first-order valence-electron chi connectivity index (χ1n) is 9.10. The van der Waals surface area contributed by atoms with Crippen LogP contribution in [0.1, 0.15) is 17.5 Å². The Morgan fingerprint density at radius 3 is 2.74 bits per heavy atom. The van der Waals surface area contributed by atoms with Gasteiger partial charge in [0, 0.05) is 25.7 Å². The Kier molecular flexibility index (Phi) is 6.49. The zero-order chi connectivity index (χ0) is 19.3. The van der Waals surface area contributed by atoms with Crippen molar-refractivity contribution in [3.05, 3.63) is 59.7 Å². The molecule has 0 spiro atoms. The van der Waals surface area contributed by atoms with Crippen LogP contribution >= 0.6 is 0 Å². The fourth-order valence-corrected chi connectivity index (χ4v) is 4.49. The largest absolute Gasteiger partial charge is 0.491 e. The molecule has 3 rings (SSSR count). The van der Waals surface area contributed by atoms with Gasteiger partial charge in [0.05, 0.1) is 11.5 Å². The highest BCUT2D eigenvalue weighted by atomic mass is 32.2. The summed E-state index contributed by atoms with van der Waals surface area (Å²) in [6.45, 7) is 4.44. The van der Waals surface area contributed by atoms with Crippen molar-refractivity contribution in [3.8, 4) is 5.75 Å². The van der Waals surface area contributed by atoms with E-state index in [0.29, 0.717) is 11.4 Å². The lowest BCUT2D eigenvalue weighted by Crippen LogP contribution is -2.36. The number of aliphatic hydroxyl groups is 1. The first-order chi connectivity index (χ1) is 13.0. The SMILES string of the molecule is Cc1ccc(S(=O)(=O)N[C@H]2CCN(Cc3cccc(OCCO)c3)C2)cc1. The maximum Gasteiger partial charge on any atom is 0.240 e. The maximum absolute atomic E-state index is 12.5. The third-order valence-electron chi connectivity index (χ3n) is 4.59. The van der Waals surface area contributed by atoms with E-state index in [2.05, 4.69) is 9.62 Å². The average molecular weight is 391 g/mol. The molecular formula is C20H26N2O4S. The van der Waals surface area contributed by atoms with Gasteiger partial charge in [-0.2, -0.15) is 0 Å². The summed E-state index contributed by atoms with van der Waals surface area (Å²) in [6, 6.07) is 14.6. The van der Waals surface area contributed by atoms with Gasteiger partial charge in [-0.05, 0) is 43.2 Å². The molecule has 0 aromatic heterocycles. The van der Waals surface area contributed by atoms with Gasteiger partial charge >= 0.3 is 0 Å². The molecule has 1 aliphatic rings. The number of hydrogen-bond acceptors (Lipinski definition) is 5. The molecule has 146 valence electrons. The molecule has 1 fully saturated rings. The Bertz CT molecular complexity index is 853. The van der Waals surface area contributed by atoms with Gasteiger partial charge in [-0.15, -0.1) is 0 Å². The molecule has 0 unspecified atom stereocenters. The van der Waals surface area contributed by atoms with E-state index in [1.807, 2.05) is 31.2 Å². The molecule has 27 heavy (non-hydrogen) atoms. The van der Waals surface area contributed by atoms with E-state index in [9.17, 15) is 8.42 Å². The molecule has 1 atom stereocenters. The topological polar surface area (TPSA) is 78.9 Å². The first-order valence-corrected chi connectivity index (χ1v) is 10.6. The fourth-order valence-electron chi connectivity index (χ4n) is 3.23. The Balaban J connectivity index is 1.56. The van der Waals surface area contributed by atoms with Gasteiger partial charge in [-0.3, -0.25) is 4.90 Å². The molecular weight excluding hydrogens is 364 g/mol. The van der Waals surface area contributed by atoms with E-state index < -0.39 is 10.0 Å². The van der Waals surface area contributed by atoms with Gasteiger partial charge in [-0.25, -0.2) is 13.1 Å². The van der Waals surface area contributed by atoms with Crippen molar-refractivity contribution < 1.29 is 18.3 Å². The van der Waals surface area contributed by atoms with Crippen molar-refractivity contribution in [1.82, 2.24) is 9.62 Å². The molecule has 1 saturated heterocycles. The van der Waals surface area contributed by atoms with Crippen LogP contribution in [0.2, 0.25) is 0 Å². The molecule has 7 heteroatoms. The zero-order valence-electron chi connectivity index (χ0n) is 15.5. The minimum Gasteiger partial charge on any atom is -0.491 e. The molecule has 0 amide bonds. The van der Waals surface area contributed by atoms with Crippen LogP contribution in [-0.2, 0) is 16.6 Å². The molecule has 2 N–H and O–H groups in total. The Labute approximate surface area is 160 Å². The van der Waals surface area contributed by atoms with Crippen molar-refractivity contribution >= 4 is 10.0 Å². The molecule has 0 aliphatic carbocycles. The number of likely N-dealkylation sites (tertiary alicyclic amines) is 1. The standard InChI is InChI=1S/C20H26N2O4S/c1-16-5-7-20(8-6-16)27(24,25)21-18-9-10-22(15-18)14-17-3-2-4-19(13-17)26-12-11-23/h2-8,13,18,21,23H,9-12,14-15H2,1H3/t18-/m0/s1. The highest BCUT2D eigenvalue weighted by Crippen LogP contribution is 2.19. The zero-order valence-corrected chi connectivity index (χ0v) is 16.3. The first kappa shape index (κ1) is 19.8. The summed E-state index contributed by atoms with van der Waals surface area (Å²) in [6.07, 6.45) is 0.784. The summed E-state index contributed by atoms with van der Waals surface area (Å²) in [7, 11) is -3.49. The van der Waals surface area contributed by atoms with Crippen LogP contribution in [0, 0.1) is 6.92 Å². The van der Waals surface area contributed by atoms with Crippen LogP contribution in [0.25, 0.3) is 0 Å². The van der Waals surface area contributed by atoms with E-state index in [1.54, 1.807) is 24.3 Å². The summed E-state index contributed by atoms with van der Waals surface area (Å²) < 4.78 is 33.4. The van der Waals surface area contributed by atoms with Crippen LogP contribution in [0.3, 0.4) is 0 Å². The normalized spacial score (nSPS) is 17.9. The molecule has 6 nitrogen and oxygen atoms in total. The Morgan fingerprint density at radius 1 is 1.22 bits per heavy atom. The van der Waals surface area contributed by atoms with E-state index in [4.69, 9.17) is 9.84 Å². The number of ether oxygens (including phenoxy) is 1. The van der Waals surface area contributed by atoms with Crippen LogP contribution in [0.4, 0.5) is 0 Å². The average Bonchev–Trinajstić information content (AvgIpc) is 3.06. The molecule has 0 radical (unpaired) electrons. The van der Waals surface area contributed by atoms with E-state index in [0.717, 1.165) is 36.4 Å². The van der Waals surface area contributed by atoms with Gasteiger partial charge in [-0.1, -0.05) is 29.8 Å². The number of nitrogens with one attached hydrogen (secondary N) is 1. The lowest BCUT2D eigenvalue weighted by Gasteiger charge is -2.17. The number of nitrogens with zero attached hydrogens (tertiary/aromatic N) is 1. The summed E-state index contributed by atoms with van der Waals surface area (Å²) in [5.41, 5.74) is 2.14.